The van der Waals surface area contributed by atoms with E-state index in [2.05, 4.69) is 53.7 Å². The van der Waals surface area contributed by atoms with Gasteiger partial charge < -0.3 is 9.64 Å². The zero-order chi connectivity index (χ0) is 13.8. The van der Waals surface area contributed by atoms with Crippen LogP contribution in [0.3, 0.4) is 0 Å². The maximum Gasteiger partial charge on any atom is 0.118 e. The molecule has 0 unspecified atom stereocenters. The molecule has 0 fully saturated rings. The van der Waals surface area contributed by atoms with Crippen LogP contribution in [0.2, 0.25) is 0 Å². The normalized spacial score (nSPS) is 16.6. The van der Waals surface area contributed by atoms with E-state index in [4.69, 9.17) is 4.74 Å². The SMILES string of the molecule is COc1ccc(CSC2=CC3=CCC=CN3C=C2)cc1. The quantitative estimate of drug-likeness (QED) is 0.810. The third kappa shape index (κ3) is 2.99. The Morgan fingerprint density at radius 3 is 2.85 bits per heavy atom. The van der Waals surface area contributed by atoms with Crippen LogP contribution in [-0.2, 0) is 5.75 Å². The van der Waals surface area contributed by atoms with Crippen LogP contribution in [0.15, 0.2) is 71.6 Å². The highest BCUT2D eigenvalue weighted by Crippen LogP contribution is 2.30. The molecule has 2 aliphatic rings. The summed E-state index contributed by atoms with van der Waals surface area (Å²) in [5, 5.41) is 0. The lowest BCUT2D eigenvalue weighted by atomic mass is 10.2. The van der Waals surface area contributed by atoms with Crippen LogP contribution in [0.25, 0.3) is 0 Å². The number of methoxy groups -OCH3 is 1. The third-order valence-electron chi connectivity index (χ3n) is 3.28. The van der Waals surface area contributed by atoms with Crippen molar-refractivity contribution in [3.05, 3.63) is 77.1 Å². The minimum Gasteiger partial charge on any atom is -0.497 e. The number of thioether (sulfide) groups is 1. The van der Waals surface area contributed by atoms with Gasteiger partial charge >= 0.3 is 0 Å². The predicted octanol–water partition coefficient (Wildman–Crippen LogP) is 4.44. The van der Waals surface area contributed by atoms with Gasteiger partial charge in [0.2, 0.25) is 0 Å². The molecule has 20 heavy (non-hydrogen) atoms. The van der Waals surface area contributed by atoms with Crippen molar-refractivity contribution in [1.82, 2.24) is 4.90 Å². The van der Waals surface area contributed by atoms with E-state index < -0.39 is 0 Å². The number of allylic oxidation sites excluding steroid dienone is 4. The average Bonchev–Trinajstić information content (AvgIpc) is 2.53. The molecule has 2 heterocycles. The monoisotopic (exact) mass is 283 g/mol. The van der Waals surface area contributed by atoms with Crippen LogP contribution in [0, 0.1) is 0 Å². The molecule has 1 aromatic carbocycles. The third-order valence-corrected chi connectivity index (χ3v) is 4.35. The number of hydrogen-bond acceptors (Lipinski definition) is 3. The summed E-state index contributed by atoms with van der Waals surface area (Å²) in [4.78, 5) is 3.46. The fourth-order valence-corrected chi connectivity index (χ4v) is 3.04. The summed E-state index contributed by atoms with van der Waals surface area (Å²) in [7, 11) is 1.69. The summed E-state index contributed by atoms with van der Waals surface area (Å²) < 4.78 is 5.17. The molecule has 0 saturated heterocycles. The number of nitrogens with zero attached hydrogens (tertiary/aromatic N) is 1. The van der Waals surface area contributed by atoms with Crippen molar-refractivity contribution in [2.45, 2.75) is 12.2 Å². The van der Waals surface area contributed by atoms with E-state index >= 15 is 0 Å². The highest BCUT2D eigenvalue weighted by atomic mass is 32.2. The summed E-state index contributed by atoms with van der Waals surface area (Å²) >= 11 is 1.86. The molecule has 0 N–H and O–H groups in total. The standard InChI is InChI=1S/C17H17NOS/c1-19-16-7-5-14(6-8-16)13-20-17-9-11-18-10-3-2-4-15(18)12-17/h3-12H,2,13H2,1H3. The molecule has 0 aliphatic carbocycles. The zero-order valence-electron chi connectivity index (χ0n) is 11.5. The first-order valence-electron chi connectivity index (χ1n) is 6.66. The van der Waals surface area contributed by atoms with Crippen LogP contribution < -0.4 is 4.74 Å². The molecular weight excluding hydrogens is 266 g/mol. The molecule has 0 radical (unpaired) electrons. The lowest BCUT2D eigenvalue weighted by Gasteiger charge is -2.24. The second-order valence-electron chi connectivity index (χ2n) is 4.66. The molecule has 0 atom stereocenters. The van der Waals surface area contributed by atoms with Gasteiger partial charge in [-0.15, -0.1) is 11.8 Å². The van der Waals surface area contributed by atoms with Crippen LogP contribution in [-0.4, -0.2) is 12.0 Å². The lowest BCUT2D eigenvalue weighted by molar-refractivity contribution is 0.414. The lowest BCUT2D eigenvalue weighted by Crippen LogP contribution is -2.12. The molecule has 102 valence electrons. The number of rotatable bonds is 4. The van der Waals surface area contributed by atoms with Crippen molar-refractivity contribution in [3.8, 4) is 5.75 Å². The molecule has 2 nitrogen and oxygen atoms in total. The molecule has 3 rings (SSSR count). The van der Waals surface area contributed by atoms with Gasteiger partial charge in [-0.3, -0.25) is 0 Å². The maximum atomic E-state index is 5.17. The Morgan fingerprint density at radius 2 is 2.05 bits per heavy atom. The first kappa shape index (κ1) is 13.1. The van der Waals surface area contributed by atoms with Gasteiger partial charge in [-0.2, -0.15) is 0 Å². The number of hydrogen-bond donors (Lipinski definition) is 0. The van der Waals surface area contributed by atoms with Crippen molar-refractivity contribution in [2.24, 2.45) is 0 Å². The molecule has 3 heteroatoms. The molecule has 0 aromatic heterocycles. The van der Waals surface area contributed by atoms with E-state index in [-0.39, 0.29) is 0 Å². The fourth-order valence-electron chi connectivity index (χ4n) is 2.15. The van der Waals surface area contributed by atoms with Gasteiger partial charge in [0, 0.05) is 28.8 Å². The summed E-state index contributed by atoms with van der Waals surface area (Å²) in [5.41, 5.74) is 2.58. The predicted molar refractivity (Wildman–Crippen MR) is 85.2 cm³/mol. The van der Waals surface area contributed by atoms with Crippen molar-refractivity contribution >= 4 is 11.8 Å². The Morgan fingerprint density at radius 1 is 1.20 bits per heavy atom. The maximum absolute atomic E-state index is 5.17. The smallest absolute Gasteiger partial charge is 0.118 e. The van der Waals surface area contributed by atoms with Crippen molar-refractivity contribution in [2.75, 3.05) is 7.11 Å². The topological polar surface area (TPSA) is 12.5 Å². The van der Waals surface area contributed by atoms with Crippen molar-refractivity contribution in [1.29, 1.82) is 0 Å². The van der Waals surface area contributed by atoms with E-state index in [1.807, 2.05) is 23.9 Å². The molecular formula is C17H17NOS. The molecule has 1 aromatic rings. The highest BCUT2D eigenvalue weighted by molar-refractivity contribution is 8.02. The van der Waals surface area contributed by atoms with Crippen molar-refractivity contribution < 1.29 is 4.74 Å². The first-order valence-corrected chi connectivity index (χ1v) is 7.64. The first-order chi connectivity index (χ1) is 9.85. The van der Waals surface area contributed by atoms with Crippen LogP contribution >= 0.6 is 11.8 Å². The Kier molecular flexibility index (Phi) is 3.97. The van der Waals surface area contributed by atoms with Crippen LogP contribution in [0.1, 0.15) is 12.0 Å². The minimum absolute atomic E-state index is 0.908. The summed E-state index contributed by atoms with van der Waals surface area (Å²) in [6.45, 7) is 0. The Balaban J connectivity index is 1.62. The summed E-state index contributed by atoms with van der Waals surface area (Å²) in [5.74, 6) is 1.88. The largest absolute Gasteiger partial charge is 0.497 e. The molecule has 0 bridgehead atoms. The van der Waals surface area contributed by atoms with Gasteiger partial charge in [-0.25, -0.2) is 0 Å². The molecule has 0 saturated carbocycles. The number of fused-ring (bicyclic) bond motifs is 1. The van der Waals surface area contributed by atoms with Gasteiger partial charge in [0.05, 0.1) is 7.11 Å². The van der Waals surface area contributed by atoms with Crippen molar-refractivity contribution in [3.63, 3.8) is 0 Å². The average molecular weight is 283 g/mol. The van der Waals surface area contributed by atoms with E-state index in [1.54, 1.807) is 7.11 Å². The number of benzene rings is 1. The van der Waals surface area contributed by atoms with Gasteiger partial charge in [0.15, 0.2) is 0 Å². The molecule has 0 amide bonds. The number of ether oxygens (including phenoxy) is 1. The molecule has 2 aliphatic heterocycles. The van der Waals surface area contributed by atoms with Gasteiger partial charge in [0.1, 0.15) is 5.75 Å². The van der Waals surface area contributed by atoms with E-state index in [9.17, 15) is 0 Å². The van der Waals surface area contributed by atoms with E-state index in [1.165, 1.54) is 16.2 Å². The Labute approximate surface area is 124 Å². The van der Waals surface area contributed by atoms with E-state index in [0.29, 0.717) is 0 Å². The summed E-state index contributed by atoms with van der Waals surface area (Å²) in [6.07, 6.45) is 14.1. The minimum atomic E-state index is 0.908. The second-order valence-corrected chi connectivity index (χ2v) is 5.70. The van der Waals surface area contributed by atoms with Crippen LogP contribution in [0.4, 0.5) is 0 Å². The summed E-state index contributed by atoms with van der Waals surface area (Å²) in [6, 6.07) is 8.26. The van der Waals surface area contributed by atoms with E-state index in [0.717, 1.165) is 17.9 Å². The van der Waals surface area contributed by atoms with Crippen LogP contribution in [0.5, 0.6) is 5.75 Å². The van der Waals surface area contributed by atoms with Gasteiger partial charge in [-0.05, 0) is 36.3 Å². The Hall–Kier alpha value is -1.87. The zero-order valence-corrected chi connectivity index (χ0v) is 12.3. The van der Waals surface area contributed by atoms with Gasteiger partial charge in [-0.1, -0.05) is 24.3 Å². The van der Waals surface area contributed by atoms with Gasteiger partial charge in [0.25, 0.3) is 0 Å². The fraction of sp³-hybridized carbons (Fsp3) is 0.176. The Bertz CT molecular complexity index is 596. The second kappa shape index (κ2) is 6.06. The highest BCUT2D eigenvalue weighted by Gasteiger charge is 2.10. The molecule has 0 spiro atoms.